The van der Waals surface area contributed by atoms with Crippen LogP contribution in [0.5, 0.6) is 0 Å². The van der Waals surface area contributed by atoms with Crippen molar-refractivity contribution >= 4 is 36.9 Å². The van der Waals surface area contributed by atoms with Crippen molar-refractivity contribution in [1.82, 2.24) is 0 Å². The monoisotopic (exact) mass is 447 g/mol. The number of hydrogen-bond acceptors (Lipinski definition) is 5. The van der Waals surface area contributed by atoms with Crippen LogP contribution in [0.15, 0.2) is 80.0 Å². The number of thiophene rings is 1. The standard InChI is InChI=1S/C17H12F3NO4S3/c18-17(19,20)13-8-4-5-9-15(13)28(24,25)21-14-10-26-11-16(14)27(22,23)12-6-2-1-3-7-12/h1-11,21H. The molecule has 1 N–H and O–H groups in total. The van der Waals surface area contributed by atoms with Gasteiger partial charge in [-0.05, 0) is 24.3 Å². The molecule has 2 aromatic carbocycles. The quantitative estimate of drug-likeness (QED) is 0.629. The highest BCUT2D eigenvalue weighted by molar-refractivity contribution is 7.93. The van der Waals surface area contributed by atoms with E-state index < -0.39 is 36.5 Å². The molecule has 0 saturated heterocycles. The molecule has 1 heterocycles. The van der Waals surface area contributed by atoms with E-state index in [4.69, 9.17) is 0 Å². The minimum Gasteiger partial charge on any atom is -0.277 e. The fourth-order valence-corrected chi connectivity index (χ4v) is 6.43. The average molecular weight is 447 g/mol. The van der Waals surface area contributed by atoms with Crippen LogP contribution in [0.4, 0.5) is 18.9 Å². The van der Waals surface area contributed by atoms with Gasteiger partial charge in [-0.15, -0.1) is 11.3 Å². The summed E-state index contributed by atoms with van der Waals surface area (Å²) in [7, 11) is -8.75. The Bertz CT molecular complexity index is 1200. The molecule has 0 aliphatic carbocycles. The van der Waals surface area contributed by atoms with Gasteiger partial charge in [-0.3, -0.25) is 4.72 Å². The van der Waals surface area contributed by atoms with E-state index in [1.807, 2.05) is 4.72 Å². The number of sulfonamides is 1. The molecule has 0 bridgehead atoms. The third-order valence-electron chi connectivity index (χ3n) is 3.70. The van der Waals surface area contributed by atoms with Gasteiger partial charge in [-0.25, -0.2) is 16.8 Å². The first kappa shape index (κ1) is 20.4. The zero-order valence-electron chi connectivity index (χ0n) is 13.8. The number of hydrogen-bond donors (Lipinski definition) is 1. The first-order valence-electron chi connectivity index (χ1n) is 7.59. The number of rotatable bonds is 5. The minimum absolute atomic E-state index is 0.0652. The zero-order chi connectivity index (χ0) is 20.6. The number of anilines is 1. The Hall–Kier alpha value is -2.37. The van der Waals surface area contributed by atoms with Gasteiger partial charge in [0.1, 0.15) is 4.90 Å². The molecule has 3 rings (SSSR count). The van der Waals surface area contributed by atoms with Crippen molar-refractivity contribution in [1.29, 1.82) is 0 Å². The van der Waals surface area contributed by atoms with Crippen LogP contribution in [0, 0.1) is 0 Å². The lowest BCUT2D eigenvalue weighted by molar-refractivity contribution is -0.139. The van der Waals surface area contributed by atoms with E-state index in [9.17, 15) is 30.0 Å². The van der Waals surface area contributed by atoms with Gasteiger partial charge in [0, 0.05) is 10.8 Å². The number of sulfone groups is 1. The smallest absolute Gasteiger partial charge is 0.277 e. The van der Waals surface area contributed by atoms with E-state index in [0.717, 1.165) is 29.5 Å². The summed E-state index contributed by atoms with van der Waals surface area (Å²) in [6.07, 6.45) is -4.89. The summed E-state index contributed by atoms with van der Waals surface area (Å²) in [4.78, 5) is -1.39. The van der Waals surface area contributed by atoms with E-state index in [1.54, 1.807) is 6.07 Å². The van der Waals surface area contributed by atoms with Crippen molar-refractivity contribution in [2.75, 3.05) is 4.72 Å². The number of nitrogens with one attached hydrogen (secondary N) is 1. The molecule has 0 spiro atoms. The molecule has 0 unspecified atom stereocenters. The second-order valence-electron chi connectivity index (χ2n) is 5.57. The Balaban J connectivity index is 2.05. The molecule has 0 amide bonds. The van der Waals surface area contributed by atoms with E-state index in [2.05, 4.69) is 0 Å². The maximum atomic E-state index is 13.2. The summed E-state index contributed by atoms with van der Waals surface area (Å²) >= 11 is 0.905. The molecule has 0 aliphatic heterocycles. The molecule has 1 aromatic heterocycles. The molecular weight excluding hydrogens is 435 g/mol. The van der Waals surface area contributed by atoms with E-state index in [1.165, 1.54) is 35.0 Å². The summed E-state index contributed by atoms with van der Waals surface area (Å²) in [5, 5.41) is 2.43. The van der Waals surface area contributed by atoms with Crippen molar-refractivity contribution in [2.24, 2.45) is 0 Å². The van der Waals surface area contributed by atoms with Crippen LogP contribution >= 0.6 is 11.3 Å². The van der Waals surface area contributed by atoms with Crippen LogP contribution < -0.4 is 4.72 Å². The second kappa shape index (κ2) is 7.22. The first-order valence-corrected chi connectivity index (χ1v) is 11.5. The minimum atomic E-state index is -4.89. The maximum absolute atomic E-state index is 13.2. The van der Waals surface area contributed by atoms with Gasteiger partial charge in [0.25, 0.3) is 10.0 Å². The number of benzene rings is 2. The summed E-state index contributed by atoms with van der Waals surface area (Å²) in [6, 6.07) is 11.0. The normalized spacial score (nSPS) is 12.7. The van der Waals surface area contributed by atoms with E-state index in [-0.39, 0.29) is 15.5 Å². The van der Waals surface area contributed by atoms with Crippen LogP contribution in [0.25, 0.3) is 0 Å². The Morgan fingerprint density at radius 1 is 0.786 bits per heavy atom. The lowest BCUT2D eigenvalue weighted by Crippen LogP contribution is -2.19. The lowest BCUT2D eigenvalue weighted by Gasteiger charge is -2.14. The summed E-state index contributed by atoms with van der Waals surface area (Å²) < 4.78 is 92.1. The zero-order valence-corrected chi connectivity index (χ0v) is 16.3. The fraction of sp³-hybridized carbons (Fsp3) is 0.0588. The lowest BCUT2D eigenvalue weighted by atomic mass is 10.2. The van der Waals surface area contributed by atoms with Crippen LogP contribution in [-0.2, 0) is 26.0 Å². The van der Waals surface area contributed by atoms with Gasteiger partial charge in [0.15, 0.2) is 0 Å². The predicted molar refractivity (Wildman–Crippen MR) is 98.5 cm³/mol. The van der Waals surface area contributed by atoms with Gasteiger partial charge < -0.3 is 0 Å². The van der Waals surface area contributed by atoms with E-state index >= 15 is 0 Å². The topological polar surface area (TPSA) is 80.3 Å². The predicted octanol–water partition coefficient (Wildman–Crippen LogP) is 4.40. The third-order valence-corrected chi connectivity index (χ3v) is 7.82. The molecule has 11 heteroatoms. The van der Waals surface area contributed by atoms with Crippen LogP contribution in [0.3, 0.4) is 0 Å². The molecule has 0 fully saturated rings. The number of alkyl halides is 3. The summed E-state index contributed by atoms with van der Waals surface area (Å²) in [5.41, 5.74) is -1.66. The van der Waals surface area contributed by atoms with Crippen molar-refractivity contribution in [3.63, 3.8) is 0 Å². The summed E-state index contributed by atoms with van der Waals surface area (Å²) in [6.45, 7) is 0. The molecule has 0 radical (unpaired) electrons. The Labute approximate surface area is 163 Å². The maximum Gasteiger partial charge on any atom is 0.417 e. The van der Waals surface area contributed by atoms with Crippen molar-refractivity contribution in [3.05, 3.63) is 70.9 Å². The van der Waals surface area contributed by atoms with E-state index in [0.29, 0.717) is 6.07 Å². The highest BCUT2D eigenvalue weighted by Crippen LogP contribution is 2.36. The van der Waals surface area contributed by atoms with Crippen LogP contribution in [0.2, 0.25) is 0 Å². The molecule has 3 aromatic rings. The largest absolute Gasteiger partial charge is 0.417 e. The Kier molecular flexibility index (Phi) is 5.26. The van der Waals surface area contributed by atoms with Crippen molar-refractivity contribution in [2.45, 2.75) is 20.9 Å². The highest BCUT2D eigenvalue weighted by Gasteiger charge is 2.37. The highest BCUT2D eigenvalue weighted by atomic mass is 32.2. The molecule has 5 nitrogen and oxygen atoms in total. The average Bonchev–Trinajstić information content (AvgIpc) is 3.10. The van der Waals surface area contributed by atoms with Gasteiger partial charge in [-0.2, -0.15) is 13.2 Å². The van der Waals surface area contributed by atoms with Gasteiger partial charge >= 0.3 is 6.18 Å². The second-order valence-corrected chi connectivity index (χ2v) is 9.88. The SMILES string of the molecule is O=S(=O)(Nc1cscc1S(=O)(=O)c1ccccc1)c1ccccc1C(F)(F)F. The summed E-state index contributed by atoms with van der Waals surface area (Å²) in [5.74, 6) is 0. The molecular formula is C17H12F3NO4S3. The fourth-order valence-electron chi connectivity index (χ4n) is 2.43. The van der Waals surface area contributed by atoms with Gasteiger partial charge in [0.05, 0.1) is 21.0 Å². The molecule has 0 saturated carbocycles. The van der Waals surface area contributed by atoms with Crippen molar-refractivity contribution < 1.29 is 30.0 Å². The Morgan fingerprint density at radius 2 is 1.39 bits per heavy atom. The Morgan fingerprint density at radius 3 is 2.04 bits per heavy atom. The van der Waals surface area contributed by atoms with Crippen molar-refractivity contribution in [3.8, 4) is 0 Å². The molecule has 0 atom stereocenters. The third kappa shape index (κ3) is 3.91. The molecule has 148 valence electrons. The van der Waals surface area contributed by atoms with Gasteiger partial charge in [0.2, 0.25) is 9.84 Å². The first-order chi connectivity index (χ1) is 13.0. The van der Waals surface area contributed by atoms with Crippen LogP contribution in [0.1, 0.15) is 5.56 Å². The number of halogens is 3. The molecule has 0 aliphatic rings. The van der Waals surface area contributed by atoms with Gasteiger partial charge in [-0.1, -0.05) is 30.3 Å². The van der Waals surface area contributed by atoms with Crippen LogP contribution in [-0.4, -0.2) is 16.8 Å². The molecule has 28 heavy (non-hydrogen) atoms.